The molecule has 2 rings (SSSR count). The molecule has 0 saturated carbocycles. The van der Waals surface area contributed by atoms with Crippen LogP contribution in [-0.2, 0) is 19.7 Å². The Hall–Kier alpha value is -2.47. The van der Waals surface area contributed by atoms with E-state index >= 15 is 0 Å². The summed E-state index contributed by atoms with van der Waals surface area (Å²) in [7, 11) is 0. The van der Waals surface area contributed by atoms with Crippen molar-refractivity contribution in [1.29, 1.82) is 0 Å². The first-order valence-corrected chi connectivity index (χ1v) is 9.26. The monoisotopic (exact) mass is 373 g/mol. The molecule has 6 heteroatoms. The summed E-state index contributed by atoms with van der Waals surface area (Å²) in [5.41, 5.74) is 1.85. The number of Topliss-reactive ketones (excluding diaryl/α,β-unsaturated/α-hetero) is 1. The predicted octanol–water partition coefficient (Wildman–Crippen LogP) is 4.19. The highest BCUT2D eigenvalue weighted by atomic mass is 32.1. The molecule has 0 aliphatic carbocycles. The molecule has 138 valence electrons. The number of ether oxygens (including phenoxy) is 1. The molecule has 2 aromatic rings. The number of rotatable bonds is 7. The Labute approximate surface area is 157 Å². The van der Waals surface area contributed by atoms with Gasteiger partial charge < -0.3 is 10.1 Å². The van der Waals surface area contributed by atoms with Gasteiger partial charge in [-0.25, -0.2) is 0 Å². The molecular formula is C20H23NO4S. The zero-order chi connectivity index (χ0) is 19.2. The minimum absolute atomic E-state index is 0.0374. The molecular weight excluding hydrogens is 350 g/mol. The Morgan fingerprint density at radius 2 is 1.73 bits per heavy atom. The van der Waals surface area contributed by atoms with Gasteiger partial charge in [-0.05, 0) is 34.6 Å². The van der Waals surface area contributed by atoms with E-state index in [0.29, 0.717) is 10.6 Å². The summed E-state index contributed by atoms with van der Waals surface area (Å²) >= 11 is 1.34. The molecule has 0 unspecified atom stereocenters. The molecule has 0 aliphatic rings. The van der Waals surface area contributed by atoms with E-state index in [1.54, 1.807) is 12.1 Å². The fraction of sp³-hybridized carbons (Fsp3) is 0.350. The second-order valence-corrected chi connectivity index (χ2v) is 7.88. The van der Waals surface area contributed by atoms with Gasteiger partial charge >= 0.3 is 5.97 Å². The van der Waals surface area contributed by atoms with Gasteiger partial charge in [0.1, 0.15) is 0 Å². The van der Waals surface area contributed by atoms with Gasteiger partial charge in [-0.1, -0.05) is 39.0 Å². The number of ketones is 1. The average Bonchev–Trinajstić information content (AvgIpc) is 3.12. The summed E-state index contributed by atoms with van der Waals surface area (Å²) < 4.78 is 4.92. The van der Waals surface area contributed by atoms with E-state index in [4.69, 9.17) is 4.74 Å². The molecule has 0 aliphatic heterocycles. The maximum atomic E-state index is 11.9. The smallest absolute Gasteiger partial charge is 0.306 e. The van der Waals surface area contributed by atoms with E-state index in [-0.39, 0.29) is 30.6 Å². The van der Waals surface area contributed by atoms with Crippen molar-refractivity contribution in [2.75, 3.05) is 11.9 Å². The SMILES string of the molecule is CC(C)(C)c1ccc(NC(=O)COC(=O)CCC(=O)c2cccs2)cc1. The van der Waals surface area contributed by atoms with Gasteiger partial charge in [0.05, 0.1) is 11.3 Å². The number of hydrogen-bond donors (Lipinski definition) is 1. The number of esters is 1. The van der Waals surface area contributed by atoms with Crippen LogP contribution in [0.15, 0.2) is 41.8 Å². The van der Waals surface area contributed by atoms with Crippen molar-refractivity contribution in [2.24, 2.45) is 0 Å². The molecule has 5 nitrogen and oxygen atoms in total. The summed E-state index contributed by atoms with van der Waals surface area (Å²) in [6, 6.07) is 11.1. The van der Waals surface area contributed by atoms with Gasteiger partial charge in [-0.2, -0.15) is 0 Å². The van der Waals surface area contributed by atoms with Gasteiger partial charge in [0, 0.05) is 12.1 Å². The van der Waals surface area contributed by atoms with Crippen molar-refractivity contribution in [2.45, 2.75) is 39.0 Å². The maximum absolute atomic E-state index is 11.9. The predicted molar refractivity (Wildman–Crippen MR) is 103 cm³/mol. The van der Waals surface area contributed by atoms with Crippen LogP contribution in [0.3, 0.4) is 0 Å². The van der Waals surface area contributed by atoms with Crippen molar-refractivity contribution in [1.82, 2.24) is 0 Å². The lowest BCUT2D eigenvalue weighted by Gasteiger charge is -2.19. The normalized spacial score (nSPS) is 11.0. The molecule has 26 heavy (non-hydrogen) atoms. The Balaban J connectivity index is 1.72. The van der Waals surface area contributed by atoms with Crippen molar-refractivity contribution in [3.63, 3.8) is 0 Å². The number of thiophene rings is 1. The number of nitrogens with one attached hydrogen (secondary N) is 1. The Kier molecular flexibility index (Phi) is 6.69. The first-order chi connectivity index (χ1) is 12.3. The lowest BCUT2D eigenvalue weighted by Crippen LogP contribution is -2.21. The molecule has 1 heterocycles. The highest BCUT2D eigenvalue weighted by Gasteiger charge is 2.14. The minimum Gasteiger partial charge on any atom is -0.456 e. The minimum atomic E-state index is -0.562. The van der Waals surface area contributed by atoms with E-state index in [1.807, 2.05) is 29.6 Å². The third-order valence-corrected chi connectivity index (χ3v) is 4.66. The molecule has 0 fully saturated rings. The van der Waals surface area contributed by atoms with Crippen LogP contribution in [0.4, 0.5) is 5.69 Å². The zero-order valence-electron chi connectivity index (χ0n) is 15.2. The number of benzene rings is 1. The molecule has 1 amide bonds. The third kappa shape index (κ3) is 6.11. The molecule has 0 atom stereocenters. The lowest BCUT2D eigenvalue weighted by molar-refractivity contribution is -0.147. The lowest BCUT2D eigenvalue weighted by atomic mass is 9.87. The van der Waals surface area contributed by atoms with Crippen LogP contribution in [0.25, 0.3) is 0 Å². The zero-order valence-corrected chi connectivity index (χ0v) is 16.0. The van der Waals surface area contributed by atoms with Crippen LogP contribution in [0.1, 0.15) is 48.8 Å². The summed E-state index contributed by atoms with van der Waals surface area (Å²) in [4.78, 5) is 36.0. The summed E-state index contributed by atoms with van der Waals surface area (Å²) in [5.74, 6) is -1.07. The number of amides is 1. The maximum Gasteiger partial charge on any atom is 0.306 e. The summed E-state index contributed by atoms with van der Waals surface area (Å²) in [6.07, 6.45) is 0.0412. The van der Waals surface area contributed by atoms with E-state index in [9.17, 15) is 14.4 Å². The number of hydrogen-bond acceptors (Lipinski definition) is 5. The van der Waals surface area contributed by atoms with Crippen LogP contribution in [-0.4, -0.2) is 24.3 Å². The molecule has 0 bridgehead atoms. The van der Waals surface area contributed by atoms with Gasteiger partial charge in [-0.3, -0.25) is 14.4 Å². The van der Waals surface area contributed by atoms with Gasteiger partial charge in [0.2, 0.25) is 0 Å². The Morgan fingerprint density at radius 1 is 1.04 bits per heavy atom. The highest BCUT2D eigenvalue weighted by Crippen LogP contribution is 2.23. The van der Waals surface area contributed by atoms with E-state index in [1.165, 1.54) is 11.3 Å². The fourth-order valence-corrected chi connectivity index (χ4v) is 2.94. The van der Waals surface area contributed by atoms with Crippen molar-refractivity contribution in [3.05, 3.63) is 52.2 Å². The molecule has 0 radical (unpaired) electrons. The van der Waals surface area contributed by atoms with Crippen LogP contribution < -0.4 is 5.32 Å². The van der Waals surface area contributed by atoms with Crippen LogP contribution >= 0.6 is 11.3 Å². The molecule has 1 N–H and O–H groups in total. The molecule has 1 aromatic heterocycles. The largest absolute Gasteiger partial charge is 0.456 e. The average molecular weight is 373 g/mol. The number of carbonyl (C=O) groups excluding carboxylic acids is 3. The number of anilines is 1. The van der Waals surface area contributed by atoms with Gasteiger partial charge in [0.25, 0.3) is 5.91 Å². The van der Waals surface area contributed by atoms with Crippen molar-refractivity contribution < 1.29 is 19.1 Å². The van der Waals surface area contributed by atoms with E-state index in [0.717, 1.165) is 5.56 Å². The summed E-state index contributed by atoms with van der Waals surface area (Å²) in [5, 5.41) is 4.49. The Bertz CT molecular complexity index is 758. The number of carbonyl (C=O) groups is 3. The van der Waals surface area contributed by atoms with Crippen molar-refractivity contribution in [3.8, 4) is 0 Å². The standard InChI is InChI=1S/C20H23NO4S/c1-20(2,3)14-6-8-15(9-7-14)21-18(23)13-25-19(24)11-10-16(22)17-5-4-12-26-17/h4-9,12H,10-11,13H2,1-3H3,(H,21,23). The van der Waals surface area contributed by atoms with Crippen molar-refractivity contribution >= 4 is 34.7 Å². The Morgan fingerprint density at radius 3 is 2.31 bits per heavy atom. The molecule has 0 spiro atoms. The van der Waals surface area contributed by atoms with E-state index < -0.39 is 11.9 Å². The summed E-state index contributed by atoms with van der Waals surface area (Å²) in [6.45, 7) is 5.97. The van der Waals surface area contributed by atoms with Gasteiger partial charge in [-0.15, -0.1) is 11.3 Å². The van der Waals surface area contributed by atoms with Crippen LogP contribution in [0.2, 0.25) is 0 Å². The topological polar surface area (TPSA) is 72.5 Å². The molecule has 1 aromatic carbocycles. The fourth-order valence-electron chi connectivity index (χ4n) is 2.24. The van der Waals surface area contributed by atoms with Crippen LogP contribution in [0, 0.1) is 0 Å². The first-order valence-electron chi connectivity index (χ1n) is 8.38. The second kappa shape index (κ2) is 8.76. The quantitative estimate of drug-likeness (QED) is 0.583. The molecule has 0 saturated heterocycles. The van der Waals surface area contributed by atoms with Gasteiger partial charge in [0.15, 0.2) is 12.4 Å². The first kappa shape index (κ1) is 19.8. The highest BCUT2D eigenvalue weighted by molar-refractivity contribution is 7.12. The second-order valence-electron chi connectivity index (χ2n) is 6.94. The third-order valence-electron chi connectivity index (χ3n) is 3.75. The van der Waals surface area contributed by atoms with E-state index in [2.05, 4.69) is 26.1 Å². The van der Waals surface area contributed by atoms with Crippen LogP contribution in [0.5, 0.6) is 0 Å².